The maximum Gasteiger partial charge on any atom is 0.119 e. The van der Waals surface area contributed by atoms with Crippen molar-refractivity contribution in [2.24, 2.45) is 0 Å². The lowest BCUT2D eigenvalue weighted by atomic mass is 9.92. The maximum atomic E-state index is 5.08. The molecule has 1 saturated carbocycles. The van der Waals surface area contributed by atoms with Gasteiger partial charge in [-0.15, -0.1) is 0 Å². The molecule has 1 aromatic heterocycles. The first-order chi connectivity index (χ1) is 8.70. The summed E-state index contributed by atoms with van der Waals surface area (Å²) in [7, 11) is 5.99. The van der Waals surface area contributed by atoms with Crippen LogP contribution in [-0.4, -0.2) is 37.1 Å². The lowest BCUT2D eigenvalue weighted by Crippen LogP contribution is -2.33. The van der Waals surface area contributed by atoms with Crippen LogP contribution in [0.3, 0.4) is 0 Å². The van der Waals surface area contributed by atoms with Crippen LogP contribution in [-0.2, 0) is 0 Å². The first-order valence-electron chi connectivity index (χ1n) is 6.48. The Morgan fingerprint density at radius 2 is 2.00 bits per heavy atom. The van der Waals surface area contributed by atoms with E-state index in [0.717, 1.165) is 17.3 Å². The van der Waals surface area contributed by atoms with Crippen molar-refractivity contribution < 1.29 is 4.74 Å². The van der Waals surface area contributed by atoms with Gasteiger partial charge in [-0.25, -0.2) is 0 Å². The highest BCUT2D eigenvalue weighted by atomic mass is 16.5. The van der Waals surface area contributed by atoms with Crippen molar-refractivity contribution >= 4 is 10.9 Å². The van der Waals surface area contributed by atoms with Gasteiger partial charge in [0.1, 0.15) is 5.75 Å². The van der Waals surface area contributed by atoms with Crippen LogP contribution in [0.4, 0.5) is 0 Å². The Bertz CT molecular complexity index is 486. The third kappa shape index (κ3) is 3.05. The van der Waals surface area contributed by atoms with E-state index < -0.39 is 0 Å². The number of hydrogen-bond donors (Lipinski definition) is 1. The van der Waals surface area contributed by atoms with E-state index in [-0.39, 0.29) is 0 Å². The highest BCUT2D eigenvalue weighted by Crippen LogP contribution is 2.21. The minimum Gasteiger partial charge on any atom is -0.497 e. The second-order valence-corrected chi connectivity index (χ2v) is 4.98. The lowest BCUT2D eigenvalue weighted by Gasteiger charge is -2.31. The fraction of sp³-hybridized carbons (Fsp3) is 0.467. The molecule has 0 radical (unpaired) electrons. The molecule has 1 heterocycles. The van der Waals surface area contributed by atoms with Crippen molar-refractivity contribution in [3.63, 3.8) is 0 Å². The van der Waals surface area contributed by atoms with Gasteiger partial charge in [0.25, 0.3) is 0 Å². The molecule has 0 spiro atoms. The number of fused-ring (bicyclic) bond motifs is 1. The van der Waals surface area contributed by atoms with Gasteiger partial charge in [-0.05, 0) is 51.2 Å². The molecule has 18 heavy (non-hydrogen) atoms. The Balaban J connectivity index is 0.000000149. The average Bonchev–Trinajstić information content (AvgIpc) is 2.73. The molecular weight excluding hydrogens is 224 g/mol. The van der Waals surface area contributed by atoms with Crippen LogP contribution >= 0.6 is 0 Å². The fourth-order valence-electron chi connectivity index (χ4n) is 2.06. The number of ether oxygens (including phenoxy) is 1. The topological polar surface area (TPSA) is 28.3 Å². The summed E-state index contributed by atoms with van der Waals surface area (Å²) < 4.78 is 5.08. The SMILES string of the molecule is CN(C)C1CCC1.COc1ccc2[nH]ccc2c1. The molecule has 0 unspecified atom stereocenters. The van der Waals surface area contributed by atoms with Crippen LogP contribution < -0.4 is 4.74 Å². The number of aromatic amines is 1. The maximum absolute atomic E-state index is 5.08. The third-order valence-corrected chi connectivity index (χ3v) is 3.57. The summed E-state index contributed by atoms with van der Waals surface area (Å²) in [6.45, 7) is 0. The van der Waals surface area contributed by atoms with E-state index in [0.29, 0.717) is 0 Å². The van der Waals surface area contributed by atoms with E-state index in [1.807, 2.05) is 30.5 Å². The van der Waals surface area contributed by atoms with Gasteiger partial charge in [0.15, 0.2) is 0 Å². The van der Waals surface area contributed by atoms with Crippen LogP contribution in [0, 0.1) is 0 Å². The highest BCUT2D eigenvalue weighted by molar-refractivity contribution is 5.80. The number of benzene rings is 1. The van der Waals surface area contributed by atoms with E-state index in [1.165, 1.54) is 24.6 Å². The predicted octanol–water partition coefficient (Wildman–Crippen LogP) is 3.28. The minimum atomic E-state index is 0.900. The van der Waals surface area contributed by atoms with Gasteiger partial charge in [0.05, 0.1) is 7.11 Å². The van der Waals surface area contributed by atoms with Crippen LogP contribution in [0.15, 0.2) is 30.5 Å². The molecule has 0 saturated heterocycles. The van der Waals surface area contributed by atoms with Crippen molar-refractivity contribution in [3.05, 3.63) is 30.5 Å². The molecule has 0 atom stereocenters. The molecule has 3 nitrogen and oxygen atoms in total. The number of nitrogens with zero attached hydrogens (tertiary/aromatic N) is 1. The molecule has 1 aliphatic carbocycles. The number of aromatic nitrogens is 1. The number of H-pyrrole nitrogens is 1. The minimum absolute atomic E-state index is 0.900. The average molecular weight is 246 g/mol. The molecule has 0 aliphatic heterocycles. The Morgan fingerprint density at radius 1 is 1.22 bits per heavy atom. The summed E-state index contributed by atoms with van der Waals surface area (Å²) in [6.07, 6.45) is 6.22. The van der Waals surface area contributed by atoms with Crippen molar-refractivity contribution in [2.45, 2.75) is 25.3 Å². The first kappa shape index (κ1) is 13.0. The molecule has 1 aliphatic rings. The van der Waals surface area contributed by atoms with Gasteiger partial charge < -0.3 is 14.6 Å². The molecule has 3 heteroatoms. The van der Waals surface area contributed by atoms with Gasteiger partial charge in [-0.1, -0.05) is 6.42 Å². The summed E-state index contributed by atoms with van der Waals surface area (Å²) in [5.41, 5.74) is 1.14. The largest absolute Gasteiger partial charge is 0.497 e. The van der Waals surface area contributed by atoms with E-state index in [2.05, 4.69) is 24.0 Å². The van der Waals surface area contributed by atoms with E-state index >= 15 is 0 Å². The summed E-state index contributed by atoms with van der Waals surface area (Å²) >= 11 is 0. The Morgan fingerprint density at radius 3 is 2.50 bits per heavy atom. The van der Waals surface area contributed by atoms with E-state index in [9.17, 15) is 0 Å². The summed E-state index contributed by atoms with van der Waals surface area (Å²) in [5.74, 6) is 0.900. The summed E-state index contributed by atoms with van der Waals surface area (Å²) in [5, 5.41) is 1.18. The smallest absolute Gasteiger partial charge is 0.119 e. The molecule has 3 rings (SSSR count). The van der Waals surface area contributed by atoms with Gasteiger partial charge in [0, 0.05) is 23.1 Å². The van der Waals surface area contributed by atoms with Gasteiger partial charge in [-0.3, -0.25) is 0 Å². The van der Waals surface area contributed by atoms with Crippen LogP contribution in [0.2, 0.25) is 0 Å². The van der Waals surface area contributed by atoms with Crippen molar-refractivity contribution in [3.8, 4) is 5.75 Å². The summed E-state index contributed by atoms with van der Waals surface area (Å²) in [4.78, 5) is 5.42. The standard InChI is InChI=1S/C9H9NO.C6H13N/c1-11-8-2-3-9-7(6-8)4-5-10-9;1-7(2)6-4-3-5-6/h2-6,10H,1H3;6H,3-5H2,1-2H3. The normalized spacial score (nSPS) is 15.1. The quantitative estimate of drug-likeness (QED) is 0.880. The highest BCUT2D eigenvalue weighted by Gasteiger charge is 2.18. The molecular formula is C15H22N2O. The monoisotopic (exact) mass is 246 g/mol. The Labute approximate surface area is 109 Å². The molecule has 0 amide bonds. The van der Waals surface area contributed by atoms with Gasteiger partial charge >= 0.3 is 0 Å². The predicted molar refractivity (Wildman–Crippen MR) is 76.2 cm³/mol. The zero-order valence-electron chi connectivity index (χ0n) is 11.4. The number of nitrogens with one attached hydrogen (secondary N) is 1. The second-order valence-electron chi connectivity index (χ2n) is 4.98. The lowest BCUT2D eigenvalue weighted by molar-refractivity contribution is 0.193. The zero-order chi connectivity index (χ0) is 13.0. The zero-order valence-corrected chi connectivity index (χ0v) is 11.4. The fourth-order valence-corrected chi connectivity index (χ4v) is 2.06. The van der Waals surface area contributed by atoms with Gasteiger partial charge in [0.2, 0.25) is 0 Å². The molecule has 1 aromatic carbocycles. The molecule has 2 aromatic rings. The number of hydrogen-bond acceptors (Lipinski definition) is 2. The van der Waals surface area contributed by atoms with Crippen molar-refractivity contribution in [1.82, 2.24) is 9.88 Å². The van der Waals surface area contributed by atoms with E-state index in [4.69, 9.17) is 4.74 Å². The Hall–Kier alpha value is -1.48. The molecule has 0 bridgehead atoms. The van der Waals surface area contributed by atoms with Crippen LogP contribution in [0.5, 0.6) is 5.75 Å². The molecule has 1 fully saturated rings. The first-order valence-corrected chi connectivity index (χ1v) is 6.48. The second kappa shape index (κ2) is 5.91. The number of rotatable bonds is 2. The van der Waals surface area contributed by atoms with Crippen molar-refractivity contribution in [1.29, 1.82) is 0 Å². The van der Waals surface area contributed by atoms with Crippen molar-refractivity contribution in [2.75, 3.05) is 21.2 Å². The summed E-state index contributed by atoms with van der Waals surface area (Å²) in [6, 6.07) is 8.90. The molecule has 1 N–H and O–H groups in total. The van der Waals surface area contributed by atoms with Crippen LogP contribution in [0.25, 0.3) is 10.9 Å². The van der Waals surface area contributed by atoms with Crippen LogP contribution in [0.1, 0.15) is 19.3 Å². The third-order valence-electron chi connectivity index (χ3n) is 3.57. The van der Waals surface area contributed by atoms with Gasteiger partial charge in [-0.2, -0.15) is 0 Å². The number of methoxy groups -OCH3 is 1. The Kier molecular flexibility index (Phi) is 4.26. The molecule has 98 valence electrons. The van der Waals surface area contributed by atoms with E-state index in [1.54, 1.807) is 7.11 Å².